The molecule has 0 saturated heterocycles. The summed E-state index contributed by atoms with van der Waals surface area (Å²) in [7, 11) is 1.99. The van der Waals surface area contributed by atoms with E-state index in [9.17, 15) is 0 Å². The van der Waals surface area contributed by atoms with Crippen LogP contribution in [0.25, 0.3) is 0 Å². The zero-order chi connectivity index (χ0) is 15.3. The van der Waals surface area contributed by atoms with Crippen LogP contribution in [0.4, 0.5) is 0 Å². The molecule has 1 unspecified atom stereocenters. The second-order valence-electron chi connectivity index (χ2n) is 5.87. The third-order valence-corrected chi connectivity index (χ3v) is 4.07. The average Bonchev–Trinajstić information content (AvgIpc) is 2.53. The number of benzene rings is 1. The van der Waals surface area contributed by atoms with Crippen LogP contribution < -0.4 is 10.1 Å². The fraction of sp³-hybridized carbons (Fsp3) is 0.684. The smallest absolute Gasteiger partial charge is 0.124 e. The number of para-hydroxylation sites is 1. The van der Waals surface area contributed by atoms with Gasteiger partial charge in [0, 0.05) is 11.6 Å². The van der Waals surface area contributed by atoms with Gasteiger partial charge in [-0.3, -0.25) is 0 Å². The minimum absolute atomic E-state index is 0.333. The maximum absolute atomic E-state index is 5.97. The molecule has 0 aromatic heterocycles. The molecule has 120 valence electrons. The zero-order valence-corrected chi connectivity index (χ0v) is 14.2. The van der Waals surface area contributed by atoms with Crippen LogP contribution in [0.15, 0.2) is 24.3 Å². The standard InChI is InChI=1S/C19H33NO/c1-4-5-6-7-8-9-10-13-16-21-19-15-12-11-14-18(19)17(2)20-3/h11-12,14-15,17,20H,4-10,13,16H2,1-3H3. The van der Waals surface area contributed by atoms with E-state index in [0.717, 1.165) is 18.8 Å². The highest BCUT2D eigenvalue weighted by Gasteiger charge is 2.08. The summed E-state index contributed by atoms with van der Waals surface area (Å²) in [5.74, 6) is 1.03. The monoisotopic (exact) mass is 291 g/mol. The molecule has 21 heavy (non-hydrogen) atoms. The molecule has 0 aliphatic rings. The first kappa shape index (κ1) is 18.0. The van der Waals surface area contributed by atoms with Gasteiger partial charge in [0.15, 0.2) is 0 Å². The van der Waals surface area contributed by atoms with Crippen molar-refractivity contribution in [3.05, 3.63) is 29.8 Å². The normalized spacial score (nSPS) is 12.3. The maximum atomic E-state index is 5.97. The average molecular weight is 291 g/mol. The van der Waals surface area contributed by atoms with Gasteiger partial charge in [-0.25, -0.2) is 0 Å². The molecule has 1 N–H and O–H groups in total. The summed E-state index contributed by atoms with van der Waals surface area (Å²) < 4.78 is 5.97. The van der Waals surface area contributed by atoms with Crippen LogP contribution >= 0.6 is 0 Å². The van der Waals surface area contributed by atoms with E-state index in [-0.39, 0.29) is 0 Å². The molecule has 0 heterocycles. The number of nitrogens with one attached hydrogen (secondary N) is 1. The van der Waals surface area contributed by atoms with Gasteiger partial charge in [0.05, 0.1) is 6.61 Å². The highest BCUT2D eigenvalue weighted by atomic mass is 16.5. The molecule has 2 heteroatoms. The Balaban J connectivity index is 2.15. The van der Waals surface area contributed by atoms with E-state index < -0.39 is 0 Å². The predicted octanol–water partition coefficient (Wildman–Crippen LogP) is 5.49. The third kappa shape index (κ3) is 7.52. The molecule has 0 bridgehead atoms. The van der Waals surface area contributed by atoms with Gasteiger partial charge in [-0.1, -0.05) is 70.1 Å². The highest BCUT2D eigenvalue weighted by molar-refractivity contribution is 5.35. The number of unbranched alkanes of at least 4 members (excludes halogenated alkanes) is 7. The zero-order valence-electron chi connectivity index (χ0n) is 14.2. The van der Waals surface area contributed by atoms with E-state index in [1.165, 1.54) is 50.5 Å². The van der Waals surface area contributed by atoms with Crippen LogP contribution in [0, 0.1) is 0 Å². The van der Waals surface area contributed by atoms with Gasteiger partial charge in [-0.15, -0.1) is 0 Å². The molecule has 0 radical (unpaired) electrons. The lowest BCUT2D eigenvalue weighted by molar-refractivity contribution is 0.299. The predicted molar refractivity (Wildman–Crippen MR) is 92.0 cm³/mol. The summed E-state index contributed by atoms with van der Waals surface area (Å²) in [6.45, 7) is 5.27. The lowest BCUT2D eigenvalue weighted by Gasteiger charge is -2.16. The summed E-state index contributed by atoms with van der Waals surface area (Å²) in [5.41, 5.74) is 1.25. The van der Waals surface area contributed by atoms with Crippen LogP contribution in [0.1, 0.15) is 76.8 Å². The third-order valence-electron chi connectivity index (χ3n) is 4.07. The summed E-state index contributed by atoms with van der Waals surface area (Å²) in [6.07, 6.45) is 10.7. The Morgan fingerprint density at radius 2 is 1.57 bits per heavy atom. The Kier molecular flexibility index (Phi) is 9.98. The van der Waals surface area contributed by atoms with E-state index in [4.69, 9.17) is 4.74 Å². The van der Waals surface area contributed by atoms with Crippen molar-refractivity contribution in [3.63, 3.8) is 0 Å². The van der Waals surface area contributed by atoms with Crippen LogP contribution in [0.3, 0.4) is 0 Å². The first-order chi connectivity index (χ1) is 10.3. The Bertz CT molecular complexity index is 364. The second kappa shape index (κ2) is 11.6. The molecule has 1 atom stereocenters. The van der Waals surface area contributed by atoms with Crippen molar-refractivity contribution in [2.75, 3.05) is 13.7 Å². The minimum Gasteiger partial charge on any atom is -0.493 e. The van der Waals surface area contributed by atoms with Crippen LogP contribution in [0.5, 0.6) is 5.75 Å². The molecule has 1 rings (SSSR count). The quantitative estimate of drug-likeness (QED) is 0.514. The Morgan fingerprint density at radius 1 is 0.952 bits per heavy atom. The van der Waals surface area contributed by atoms with Gasteiger partial charge in [-0.2, -0.15) is 0 Å². The number of rotatable bonds is 12. The van der Waals surface area contributed by atoms with Crippen molar-refractivity contribution in [2.24, 2.45) is 0 Å². The largest absolute Gasteiger partial charge is 0.493 e. The van der Waals surface area contributed by atoms with Crippen molar-refractivity contribution in [1.29, 1.82) is 0 Å². The summed E-state index contributed by atoms with van der Waals surface area (Å²) in [6, 6.07) is 8.68. The molecule has 0 fully saturated rings. The summed E-state index contributed by atoms with van der Waals surface area (Å²) in [4.78, 5) is 0. The molecular formula is C19H33NO. The fourth-order valence-corrected chi connectivity index (χ4v) is 2.54. The number of ether oxygens (including phenoxy) is 1. The lowest BCUT2D eigenvalue weighted by atomic mass is 10.1. The van der Waals surface area contributed by atoms with E-state index in [2.05, 4.69) is 43.4 Å². The van der Waals surface area contributed by atoms with Crippen molar-refractivity contribution in [2.45, 2.75) is 71.3 Å². The molecule has 0 amide bonds. The van der Waals surface area contributed by atoms with E-state index in [1.807, 2.05) is 7.05 Å². The molecule has 1 aromatic rings. The topological polar surface area (TPSA) is 21.3 Å². The van der Waals surface area contributed by atoms with E-state index in [1.54, 1.807) is 0 Å². The Labute approximate surface area is 131 Å². The molecule has 0 saturated carbocycles. The lowest BCUT2D eigenvalue weighted by Crippen LogP contribution is -2.13. The summed E-state index contributed by atoms with van der Waals surface area (Å²) in [5, 5.41) is 3.28. The van der Waals surface area contributed by atoms with Gasteiger partial charge >= 0.3 is 0 Å². The van der Waals surface area contributed by atoms with E-state index >= 15 is 0 Å². The Morgan fingerprint density at radius 3 is 2.24 bits per heavy atom. The van der Waals surface area contributed by atoms with Crippen molar-refractivity contribution in [1.82, 2.24) is 5.32 Å². The van der Waals surface area contributed by atoms with Crippen LogP contribution in [0.2, 0.25) is 0 Å². The second-order valence-corrected chi connectivity index (χ2v) is 5.87. The van der Waals surface area contributed by atoms with Gasteiger partial charge in [-0.05, 0) is 26.5 Å². The van der Waals surface area contributed by atoms with E-state index in [0.29, 0.717) is 6.04 Å². The molecule has 0 spiro atoms. The van der Waals surface area contributed by atoms with Gasteiger partial charge < -0.3 is 10.1 Å². The van der Waals surface area contributed by atoms with Crippen molar-refractivity contribution >= 4 is 0 Å². The molecule has 0 aliphatic carbocycles. The number of hydrogen-bond donors (Lipinski definition) is 1. The van der Waals surface area contributed by atoms with Crippen molar-refractivity contribution < 1.29 is 4.74 Å². The van der Waals surface area contributed by atoms with Crippen LogP contribution in [-0.4, -0.2) is 13.7 Å². The van der Waals surface area contributed by atoms with Gasteiger partial charge in [0.2, 0.25) is 0 Å². The van der Waals surface area contributed by atoms with Gasteiger partial charge in [0.1, 0.15) is 5.75 Å². The van der Waals surface area contributed by atoms with Gasteiger partial charge in [0.25, 0.3) is 0 Å². The maximum Gasteiger partial charge on any atom is 0.124 e. The minimum atomic E-state index is 0.333. The van der Waals surface area contributed by atoms with Crippen LogP contribution in [-0.2, 0) is 0 Å². The number of hydrogen-bond acceptors (Lipinski definition) is 2. The van der Waals surface area contributed by atoms with Crippen molar-refractivity contribution in [3.8, 4) is 5.75 Å². The Hall–Kier alpha value is -1.02. The SMILES string of the molecule is CCCCCCCCCCOc1ccccc1C(C)NC. The highest BCUT2D eigenvalue weighted by Crippen LogP contribution is 2.24. The molecule has 0 aliphatic heterocycles. The fourth-order valence-electron chi connectivity index (χ4n) is 2.54. The molecule has 2 nitrogen and oxygen atoms in total. The first-order valence-corrected chi connectivity index (χ1v) is 8.68. The first-order valence-electron chi connectivity index (χ1n) is 8.68. The molecule has 1 aromatic carbocycles. The molecular weight excluding hydrogens is 258 g/mol. The summed E-state index contributed by atoms with van der Waals surface area (Å²) >= 11 is 0.